The van der Waals surface area contributed by atoms with Crippen LogP contribution in [0.5, 0.6) is 0 Å². The van der Waals surface area contributed by atoms with Crippen molar-refractivity contribution in [2.45, 2.75) is 25.3 Å². The standard InChI is InChI=1S/C14H17NO3S/c16-8-2-1-5-12-6-7-13(19-12)14(17)15-11-4-3-9-18-10-11/h6-7,11,16H,2-4,8-10H2,(H,15,17). The van der Waals surface area contributed by atoms with E-state index in [4.69, 9.17) is 9.84 Å². The van der Waals surface area contributed by atoms with Crippen LogP contribution in [0.25, 0.3) is 0 Å². The molecule has 0 spiro atoms. The molecule has 1 unspecified atom stereocenters. The van der Waals surface area contributed by atoms with E-state index < -0.39 is 0 Å². The summed E-state index contributed by atoms with van der Waals surface area (Å²) in [4.78, 5) is 13.5. The molecule has 102 valence electrons. The first-order valence-corrected chi connectivity index (χ1v) is 7.19. The van der Waals surface area contributed by atoms with E-state index in [0.29, 0.717) is 17.9 Å². The fourth-order valence-electron chi connectivity index (χ4n) is 1.84. The number of carbonyl (C=O) groups is 1. The van der Waals surface area contributed by atoms with Crippen LogP contribution in [-0.2, 0) is 4.74 Å². The van der Waals surface area contributed by atoms with Crippen molar-refractivity contribution in [2.75, 3.05) is 19.8 Å². The third-order valence-electron chi connectivity index (χ3n) is 2.77. The Balaban J connectivity index is 1.90. The molecule has 2 heterocycles. The molecule has 1 saturated heterocycles. The van der Waals surface area contributed by atoms with Crippen LogP contribution in [0.4, 0.5) is 0 Å². The number of nitrogens with one attached hydrogen (secondary N) is 1. The second-order valence-electron chi connectivity index (χ2n) is 4.33. The maximum Gasteiger partial charge on any atom is 0.261 e. The lowest BCUT2D eigenvalue weighted by atomic mass is 10.1. The van der Waals surface area contributed by atoms with Gasteiger partial charge in [-0.25, -0.2) is 0 Å². The highest BCUT2D eigenvalue weighted by Gasteiger charge is 2.17. The Morgan fingerprint density at radius 3 is 3.21 bits per heavy atom. The zero-order valence-corrected chi connectivity index (χ0v) is 11.5. The Labute approximate surface area is 116 Å². The molecule has 1 aromatic heterocycles. The van der Waals surface area contributed by atoms with Gasteiger partial charge in [-0.2, -0.15) is 0 Å². The predicted octanol–water partition coefficient (Wildman–Crippen LogP) is 1.39. The third-order valence-corrected chi connectivity index (χ3v) is 3.77. The average Bonchev–Trinajstić information content (AvgIpc) is 2.89. The molecular formula is C14H17NO3S. The molecule has 1 aliphatic rings. The van der Waals surface area contributed by atoms with Crippen LogP contribution in [0.2, 0.25) is 0 Å². The van der Waals surface area contributed by atoms with Crippen LogP contribution >= 0.6 is 11.3 Å². The van der Waals surface area contributed by atoms with E-state index in [-0.39, 0.29) is 18.6 Å². The second kappa shape index (κ2) is 7.29. The van der Waals surface area contributed by atoms with Gasteiger partial charge in [0.15, 0.2) is 0 Å². The van der Waals surface area contributed by atoms with Gasteiger partial charge in [0, 0.05) is 13.0 Å². The van der Waals surface area contributed by atoms with Gasteiger partial charge in [-0.05, 0) is 25.0 Å². The van der Waals surface area contributed by atoms with E-state index in [0.717, 1.165) is 24.3 Å². The summed E-state index contributed by atoms with van der Waals surface area (Å²) in [6.45, 7) is 1.45. The molecule has 1 fully saturated rings. The molecule has 19 heavy (non-hydrogen) atoms. The molecule has 1 amide bonds. The zero-order chi connectivity index (χ0) is 13.5. The summed E-state index contributed by atoms with van der Waals surface area (Å²) in [5.74, 6) is 5.71. The van der Waals surface area contributed by atoms with E-state index >= 15 is 0 Å². The minimum Gasteiger partial charge on any atom is -0.395 e. The Morgan fingerprint density at radius 2 is 2.47 bits per heavy atom. The van der Waals surface area contributed by atoms with Gasteiger partial charge in [0.1, 0.15) is 0 Å². The van der Waals surface area contributed by atoms with Crippen molar-refractivity contribution < 1.29 is 14.6 Å². The molecule has 0 radical (unpaired) electrons. The van der Waals surface area contributed by atoms with Gasteiger partial charge in [-0.15, -0.1) is 11.3 Å². The molecule has 0 aliphatic carbocycles. The van der Waals surface area contributed by atoms with Crippen molar-refractivity contribution in [1.29, 1.82) is 0 Å². The van der Waals surface area contributed by atoms with Gasteiger partial charge in [0.25, 0.3) is 5.91 Å². The number of hydrogen-bond donors (Lipinski definition) is 2. The molecule has 5 heteroatoms. The van der Waals surface area contributed by atoms with Gasteiger partial charge in [-0.1, -0.05) is 11.8 Å². The maximum absolute atomic E-state index is 12.0. The fraction of sp³-hybridized carbons (Fsp3) is 0.500. The lowest BCUT2D eigenvalue weighted by molar-refractivity contribution is 0.0626. The van der Waals surface area contributed by atoms with Crippen molar-refractivity contribution in [1.82, 2.24) is 5.32 Å². The first-order chi connectivity index (χ1) is 9.29. The molecule has 0 aromatic carbocycles. The number of thiophene rings is 1. The number of amides is 1. The topological polar surface area (TPSA) is 58.6 Å². The third kappa shape index (κ3) is 4.35. The van der Waals surface area contributed by atoms with Crippen LogP contribution in [0.15, 0.2) is 12.1 Å². The fourth-order valence-corrected chi connectivity index (χ4v) is 2.63. The Kier molecular flexibility index (Phi) is 5.40. The van der Waals surface area contributed by atoms with Crippen molar-refractivity contribution in [3.63, 3.8) is 0 Å². The SMILES string of the molecule is O=C(NC1CCCOC1)c1ccc(C#CCCO)s1. The highest BCUT2D eigenvalue weighted by molar-refractivity contribution is 7.14. The molecule has 0 bridgehead atoms. The molecule has 4 nitrogen and oxygen atoms in total. The van der Waals surface area contributed by atoms with Crippen LogP contribution in [-0.4, -0.2) is 36.9 Å². The Hall–Kier alpha value is -1.35. The van der Waals surface area contributed by atoms with Crippen molar-refractivity contribution in [2.24, 2.45) is 0 Å². The average molecular weight is 279 g/mol. The highest BCUT2D eigenvalue weighted by atomic mass is 32.1. The van der Waals surface area contributed by atoms with Crippen LogP contribution in [0, 0.1) is 11.8 Å². The lowest BCUT2D eigenvalue weighted by Crippen LogP contribution is -2.40. The van der Waals surface area contributed by atoms with Crippen LogP contribution < -0.4 is 5.32 Å². The number of aliphatic hydroxyl groups excluding tert-OH is 1. The minimum absolute atomic E-state index is 0.0595. The summed E-state index contributed by atoms with van der Waals surface area (Å²) in [5.41, 5.74) is 0. The van der Waals surface area contributed by atoms with E-state index in [9.17, 15) is 4.79 Å². The monoisotopic (exact) mass is 279 g/mol. The smallest absolute Gasteiger partial charge is 0.261 e. The molecule has 1 aromatic rings. The Bertz CT molecular complexity index is 480. The number of aliphatic hydroxyl groups is 1. The van der Waals surface area contributed by atoms with Crippen LogP contribution in [0.1, 0.15) is 33.8 Å². The van der Waals surface area contributed by atoms with Crippen molar-refractivity contribution in [3.8, 4) is 11.8 Å². The molecule has 1 aliphatic heterocycles. The summed E-state index contributed by atoms with van der Waals surface area (Å²) < 4.78 is 5.33. The van der Waals surface area contributed by atoms with Gasteiger partial charge in [0.05, 0.1) is 29.0 Å². The summed E-state index contributed by atoms with van der Waals surface area (Å²) in [6, 6.07) is 3.74. The number of rotatable bonds is 3. The summed E-state index contributed by atoms with van der Waals surface area (Å²) in [5, 5.41) is 11.6. The van der Waals surface area contributed by atoms with E-state index in [1.54, 1.807) is 6.07 Å². The second-order valence-corrected chi connectivity index (χ2v) is 5.41. The minimum atomic E-state index is -0.0595. The van der Waals surface area contributed by atoms with E-state index in [2.05, 4.69) is 17.2 Å². The first-order valence-electron chi connectivity index (χ1n) is 6.38. The number of hydrogen-bond acceptors (Lipinski definition) is 4. The first kappa shape index (κ1) is 14.1. The molecule has 2 rings (SSSR count). The van der Waals surface area contributed by atoms with Gasteiger partial charge < -0.3 is 15.2 Å². The zero-order valence-electron chi connectivity index (χ0n) is 10.6. The maximum atomic E-state index is 12.0. The normalized spacial score (nSPS) is 18.5. The van der Waals surface area contributed by atoms with E-state index in [1.807, 2.05) is 6.07 Å². The number of ether oxygens (including phenoxy) is 1. The number of carbonyl (C=O) groups excluding carboxylic acids is 1. The van der Waals surface area contributed by atoms with Crippen molar-refractivity contribution in [3.05, 3.63) is 21.9 Å². The highest BCUT2D eigenvalue weighted by Crippen LogP contribution is 2.16. The molecule has 1 atom stereocenters. The summed E-state index contributed by atoms with van der Waals surface area (Å²) in [6.07, 6.45) is 2.42. The van der Waals surface area contributed by atoms with E-state index in [1.165, 1.54) is 11.3 Å². The lowest BCUT2D eigenvalue weighted by Gasteiger charge is -2.22. The van der Waals surface area contributed by atoms with Gasteiger partial charge in [0.2, 0.25) is 0 Å². The molecular weight excluding hydrogens is 262 g/mol. The summed E-state index contributed by atoms with van der Waals surface area (Å²) >= 11 is 1.37. The Morgan fingerprint density at radius 1 is 1.58 bits per heavy atom. The molecule has 0 saturated carbocycles. The largest absolute Gasteiger partial charge is 0.395 e. The van der Waals surface area contributed by atoms with Crippen LogP contribution in [0.3, 0.4) is 0 Å². The quantitative estimate of drug-likeness (QED) is 0.822. The summed E-state index contributed by atoms with van der Waals surface area (Å²) in [7, 11) is 0. The van der Waals surface area contributed by atoms with Crippen molar-refractivity contribution >= 4 is 17.2 Å². The van der Waals surface area contributed by atoms with Gasteiger partial charge >= 0.3 is 0 Å². The molecule has 2 N–H and O–H groups in total. The predicted molar refractivity (Wildman–Crippen MR) is 74.2 cm³/mol. The van der Waals surface area contributed by atoms with Gasteiger partial charge in [-0.3, -0.25) is 4.79 Å².